The van der Waals surface area contributed by atoms with Gasteiger partial charge in [-0.1, -0.05) is 17.7 Å². The van der Waals surface area contributed by atoms with E-state index < -0.39 is 0 Å². The summed E-state index contributed by atoms with van der Waals surface area (Å²) < 4.78 is 11.1. The van der Waals surface area contributed by atoms with Gasteiger partial charge in [-0.2, -0.15) is 0 Å². The topological polar surface area (TPSA) is 50.8 Å². The Balaban J connectivity index is 1.54. The first-order chi connectivity index (χ1) is 13.0. The van der Waals surface area contributed by atoms with Crippen molar-refractivity contribution in [1.82, 2.24) is 10.2 Å². The normalized spacial score (nSPS) is 16.1. The standard InChI is InChI=1S/C20H25ClN2O3S/c1-14-10-16(11-15(2)20(14)21)26-13-19(24)22-12-17(18-4-3-9-27-18)23-5-7-25-8-6-23/h3-4,9-11,17H,5-8,12-13H2,1-2H3,(H,22,24)/t17-/m1/s1. The highest BCUT2D eigenvalue weighted by Gasteiger charge is 2.24. The quantitative estimate of drug-likeness (QED) is 0.760. The Bertz CT molecular complexity index is 738. The predicted octanol–water partition coefficient (Wildman–Crippen LogP) is 3.59. The Morgan fingerprint density at radius 3 is 2.67 bits per heavy atom. The molecule has 1 aromatic carbocycles. The molecule has 0 saturated carbocycles. The number of rotatable bonds is 7. The number of thiophene rings is 1. The van der Waals surface area contributed by atoms with Crippen molar-refractivity contribution in [2.75, 3.05) is 39.5 Å². The molecule has 1 aromatic heterocycles. The summed E-state index contributed by atoms with van der Waals surface area (Å²) in [5.41, 5.74) is 1.88. The van der Waals surface area contributed by atoms with Crippen LogP contribution in [0.4, 0.5) is 0 Å². The number of morpholine rings is 1. The lowest BCUT2D eigenvalue weighted by Crippen LogP contribution is -2.44. The van der Waals surface area contributed by atoms with E-state index in [1.54, 1.807) is 11.3 Å². The average Bonchev–Trinajstić information content (AvgIpc) is 3.20. The second-order valence-electron chi connectivity index (χ2n) is 6.64. The maximum absolute atomic E-state index is 12.3. The van der Waals surface area contributed by atoms with Gasteiger partial charge >= 0.3 is 0 Å². The first-order valence-electron chi connectivity index (χ1n) is 9.06. The Kier molecular flexibility index (Phi) is 7.13. The van der Waals surface area contributed by atoms with Gasteiger partial charge in [0.1, 0.15) is 5.75 Å². The Morgan fingerprint density at radius 2 is 2.04 bits per heavy atom. The largest absolute Gasteiger partial charge is 0.484 e. The number of amides is 1. The smallest absolute Gasteiger partial charge is 0.258 e. The molecule has 27 heavy (non-hydrogen) atoms. The molecule has 0 spiro atoms. The van der Waals surface area contributed by atoms with Crippen molar-refractivity contribution in [3.05, 3.63) is 50.7 Å². The van der Waals surface area contributed by atoms with Gasteiger partial charge in [0.25, 0.3) is 5.91 Å². The zero-order valence-corrected chi connectivity index (χ0v) is 17.2. The van der Waals surface area contributed by atoms with Crippen molar-refractivity contribution in [1.29, 1.82) is 0 Å². The molecule has 7 heteroatoms. The summed E-state index contributed by atoms with van der Waals surface area (Å²) in [4.78, 5) is 15.9. The van der Waals surface area contributed by atoms with Gasteiger partial charge < -0.3 is 14.8 Å². The minimum Gasteiger partial charge on any atom is -0.484 e. The monoisotopic (exact) mass is 408 g/mol. The number of hydrogen-bond donors (Lipinski definition) is 1. The molecule has 1 saturated heterocycles. The van der Waals surface area contributed by atoms with Crippen LogP contribution in [0.5, 0.6) is 5.75 Å². The van der Waals surface area contributed by atoms with Crippen molar-refractivity contribution in [2.45, 2.75) is 19.9 Å². The highest BCUT2D eigenvalue weighted by molar-refractivity contribution is 7.10. The van der Waals surface area contributed by atoms with Crippen LogP contribution >= 0.6 is 22.9 Å². The second-order valence-corrected chi connectivity index (χ2v) is 8.00. The minimum atomic E-state index is -0.130. The number of benzene rings is 1. The summed E-state index contributed by atoms with van der Waals surface area (Å²) >= 11 is 7.89. The molecule has 0 bridgehead atoms. The molecule has 0 unspecified atom stereocenters. The number of carbonyl (C=O) groups excluding carboxylic acids is 1. The van der Waals surface area contributed by atoms with Crippen LogP contribution in [-0.2, 0) is 9.53 Å². The fourth-order valence-corrected chi connectivity index (χ4v) is 4.15. The van der Waals surface area contributed by atoms with E-state index in [1.807, 2.05) is 32.0 Å². The molecule has 2 heterocycles. The lowest BCUT2D eigenvalue weighted by atomic mass is 10.1. The molecule has 1 amide bonds. The third-order valence-corrected chi connectivity index (χ3v) is 6.20. The van der Waals surface area contributed by atoms with Crippen molar-refractivity contribution < 1.29 is 14.3 Å². The minimum absolute atomic E-state index is 0.0131. The van der Waals surface area contributed by atoms with Crippen molar-refractivity contribution >= 4 is 28.8 Å². The van der Waals surface area contributed by atoms with Crippen molar-refractivity contribution in [2.24, 2.45) is 0 Å². The molecule has 146 valence electrons. The van der Waals surface area contributed by atoms with Crippen LogP contribution in [0.2, 0.25) is 5.02 Å². The number of halogens is 1. The van der Waals surface area contributed by atoms with Gasteiger partial charge in [0.2, 0.25) is 0 Å². The van der Waals surface area contributed by atoms with Crippen molar-refractivity contribution in [3.63, 3.8) is 0 Å². The van der Waals surface area contributed by atoms with E-state index >= 15 is 0 Å². The van der Waals surface area contributed by atoms with Crippen molar-refractivity contribution in [3.8, 4) is 5.75 Å². The van der Waals surface area contributed by atoms with Gasteiger partial charge in [0.15, 0.2) is 6.61 Å². The fraction of sp³-hybridized carbons (Fsp3) is 0.450. The van der Waals surface area contributed by atoms with Crippen LogP contribution in [0.1, 0.15) is 22.0 Å². The maximum atomic E-state index is 12.3. The number of nitrogens with zero attached hydrogens (tertiary/aromatic N) is 1. The molecular weight excluding hydrogens is 384 g/mol. The Hall–Kier alpha value is -1.60. The number of ether oxygens (including phenoxy) is 2. The highest BCUT2D eigenvalue weighted by atomic mass is 35.5. The average molecular weight is 409 g/mol. The molecule has 1 aliphatic rings. The molecule has 5 nitrogen and oxygen atoms in total. The first kappa shape index (κ1) is 20.1. The summed E-state index contributed by atoms with van der Waals surface area (Å²) in [6.45, 7) is 7.60. The number of hydrogen-bond acceptors (Lipinski definition) is 5. The number of carbonyl (C=O) groups is 1. The molecule has 3 rings (SSSR count). The second kappa shape index (κ2) is 9.55. The number of nitrogens with one attached hydrogen (secondary N) is 1. The first-order valence-corrected chi connectivity index (χ1v) is 10.3. The van der Waals surface area contributed by atoms with Gasteiger partial charge in [0, 0.05) is 29.5 Å². The third kappa shape index (κ3) is 5.45. The molecule has 0 aliphatic carbocycles. The fourth-order valence-electron chi connectivity index (χ4n) is 3.18. The van der Waals surface area contributed by atoms with Gasteiger partial charge in [-0.25, -0.2) is 0 Å². The predicted molar refractivity (Wildman–Crippen MR) is 109 cm³/mol. The number of aryl methyl sites for hydroxylation is 2. The Labute approximate surface area is 169 Å². The lowest BCUT2D eigenvalue weighted by molar-refractivity contribution is -0.123. The SMILES string of the molecule is Cc1cc(OCC(=O)NC[C@H](c2cccs2)N2CCOCC2)cc(C)c1Cl. The van der Waals surface area contributed by atoms with Gasteiger partial charge in [-0.05, 0) is 48.6 Å². The van der Waals surface area contributed by atoms with Gasteiger partial charge in [-0.15, -0.1) is 11.3 Å². The summed E-state index contributed by atoms with van der Waals surface area (Å²) in [6, 6.07) is 8.03. The molecular formula is C20H25ClN2O3S. The van der Waals surface area contributed by atoms with Crippen LogP contribution in [0, 0.1) is 13.8 Å². The van der Waals surface area contributed by atoms with Crippen LogP contribution in [0.15, 0.2) is 29.6 Å². The molecule has 0 radical (unpaired) electrons. The third-order valence-electron chi connectivity index (χ3n) is 4.63. The van der Waals surface area contributed by atoms with E-state index in [1.165, 1.54) is 4.88 Å². The molecule has 1 aliphatic heterocycles. The molecule has 1 N–H and O–H groups in total. The summed E-state index contributed by atoms with van der Waals surface area (Å²) in [5.74, 6) is 0.530. The molecule has 1 fully saturated rings. The van der Waals surface area contributed by atoms with E-state index in [4.69, 9.17) is 21.1 Å². The van der Waals surface area contributed by atoms with E-state index in [2.05, 4.69) is 21.7 Å². The van der Waals surface area contributed by atoms with Crippen LogP contribution in [0.25, 0.3) is 0 Å². The van der Waals surface area contributed by atoms with E-state index in [-0.39, 0.29) is 18.6 Å². The maximum Gasteiger partial charge on any atom is 0.258 e. The highest BCUT2D eigenvalue weighted by Crippen LogP contribution is 2.26. The molecule has 2 aromatic rings. The molecule has 1 atom stereocenters. The van der Waals surface area contributed by atoms with Crippen LogP contribution < -0.4 is 10.1 Å². The zero-order chi connectivity index (χ0) is 19.2. The van der Waals surface area contributed by atoms with Gasteiger partial charge in [0.05, 0.1) is 19.3 Å². The Morgan fingerprint density at radius 1 is 1.33 bits per heavy atom. The van der Waals surface area contributed by atoms with Gasteiger partial charge in [-0.3, -0.25) is 9.69 Å². The lowest BCUT2D eigenvalue weighted by Gasteiger charge is -2.34. The van der Waals surface area contributed by atoms with E-state index in [0.717, 1.165) is 42.5 Å². The van der Waals surface area contributed by atoms with Crippen LogP contribution in [0.3, 0.4) is 0 Å². The summed E-state index contributed by atoms with van der Waals surface area (Å²) in [6.07, 6.45) is 0. The summed E-state index contributed by atoms with van der Waals surface area (Å²) in [5, 5.41) is 5.81. The summed E-state index contributed by atoms with van der Waals surface area (Å²) in [7, 11) is 0. The zero-order valence-electron chi connectivity index (χ0n) is 15.7. The van der Waals surface area contributed by atoms with E-state index in [9.17, 15) is 4.79 Å². The van der Waals surface area contributed by atoms with E-state index in [0.29, 0.717) is 12.3 Å². The van der Waals surface area contributed by atoms with Crippen LogP contribution in [-0.4, -0.2) is 50.3 Å².